The molecule has 1 rings (SSSR count). The van der Waals surface area contributed by atoms with Crippen LogP contribution in [0.4, 0.5) is 0 Å². The van der Waals surface area contributed by atoms with Crippen LogP contribution < -0.4 is 0 Å². The number of nitrogens with zero attached hydrogens (tertiary/aromatic N) is 1. The number of rotatable bonds is 1. The van der Waals surface area contributed by atoms with Gasteiger partial charge in [-0.2, -0.15) is 0 Å². The maximum Gasteiger partial charge on any atom is 0.354 e. The van der Waals surface area contributed by atoms with Gasteiger partial charge >= 0.3 is 5.97 Å². The third-order valence-electron chi connectivity index (χ3n) is 1.34. The highest BCUT2D eigenvalue weighted by molar-refractivity contribution is 5.87. The smallest absolute Gasteiger partial charge is 0.354 e. The van der Waals surface area contributed by atoms with Gasteiger partial charge < -0.3 is 9.30 Å². The van der Waals surface area contributed by atoms with E-state index in [1.807, 2.05) is 13.8 Å². The molecule has 0 N–H and O–H groups in total. The van der Waals surface area contributed by atoms with Crippen LogP contribution in [0.15, 0.2) is 18.3 Å². The van der Waals surface area contributed by atoms with Crippen LogP contribution in [-0.2, 0) is 11.8 Å². The zero-order valence-corrected chi connectivity index (χ0v) is 8.00. The van der Waals surface area contributed by atoms with Gasteiger partial charge in [-0.25, -0.2) is 4.79 Å². The monoisotopic (exact) mass is 169 g/mol. The van der Waals surface area contributed by atoms with Gasteiger partial charge in [-0.1, -0.05) is 13.8 Å². The molecule has 1 aromatic rings. The van der Waals surface area contributed by atoms with Crippen LogP contribution in [0.1, 0.15) is 24.3 Å². The second kappa shape index (κ2) is 5.41. The van der Waals surface area contributed by atoms with Gasteiger partial charge in [0.15, 0.2) is 0 Å². The van der Waals surface area contributed by atoms with Crippen LogP contribution in [0.5, 0.6) is 0 Å². The molecule has 68 valence electrons. The van der Waals surface area contributed by atoms with Crippen molar-refractivity contribution in [3.8, 4) is 0 Å². The number of aromatic nitrogens is 1. The Labute approximate surface area is 73.0 Å². The van der Waals surface area contributed by atoms with Crippen molar-refractivity contribution in [2.75, 3.05) is 7.11 Å². The van der Waals surface area contributed by atoms with Gasteiger partial charge in [-0.15, -0.1) is 0 Å². The Bertz CT molecular complexity index is 240. The predicted octanol–water partition coefficient (Wildman–Crippen LogP) is 1.84. The lowest BCUT2D eigenvalue weighted by molar-refractivity contribution is 0.0590. The molecule has 3 heteroatoms. The minimum Gasteiger partial charge on any atom is -0.464 e. The lowest BCUT2D eigenvalue weighted by Gasteiger charge is -1.98. The van der Waals surface area contributed by atoms with Gasteiger partial charge in [0, 0.05) is 13.2 Å². The molecule has 1 aromatic heterocycles. The van der Waals surface area contributed by atoms with Crippen LogP contribution in [0.3, 0.4) is 0 Å². The summed E-state index contributed by atoms with van der Waals surface area (Å²) in [6.45, 7) is 4.00. The second-order valence-electron chi connectivity index (χ2n) is 2.00. The number of hydrogen-bond acceptors (Lipinski definition) is 2. The topological polar surface area (TPSA) is 31.2 Å². The molecule has 0 saturated carbocycles. The predicted molar refractivity (Wildman–Crippen MR) is 48.1 cm³/mol. The number of esters is 1. The largest absolute Gasteiger partial charge is 0.464 e. The molecule has 0 aliphatic rings. The first kappa shape index (κ1) is 10.8. The van der Waals surface area contributed by atoms with Gasteiger partial charge in [-0.05, 0) is 12.1 Å². The molecule has 1 heterocycles. The van der Waals surface area contributed by atoms with E-state index in [0.29, 0.717) is 5.69 Å². The van der Waals surface area contributed by atoms with E-state index in [2.05, 4.69) is 4.74 Å². The molecule has 0 spiro atoms. The van der Waals surface area contributed by atoms with Crippen molar-refractivity contribution >= 4 is 5.97 Å². The fourth-order valence-corrected chi connectivity index (χ4v) is 0.778. The molecular formula is C9H15NO2. The summed E-state index contributed by atoms with van der Waals surface area (Å²) in [7, 11) is 3.17. The van der Waals surface area contributed by atoms with Gasteiger partial charge in [0.2, 0.25) is 0 Å². The SMILES string of the molecule is CC.COC(=O)c1cccn1C. The number of aryl methyl sites for hydroxylation is 1. The summed E-state index contributed by atoms with van der Waals surface area (Å²) in [4.78, 5) is 10.9. The molecule has 0 unspecified atom stereocenters. The zero-order valence-electron chi connectivity index (χ0n) is 8.00. The van der Waals surface area contributed by atoms with E-state index in [9.17, 15) is 4.79 Å². The lowest BCUT2D eigenvalue weighted by Crippen LogP contribution is -2.06. The first-order valence-corrected chi connectivity index (χ1v) is 3.95. The Hall–Kier alpha value is -1.25. The second-order valence-corrected chi connectivity index (χ2v) is 2.00. The first-order valence-electron chi connectivity index (χ1n) is 3.95. The molecule has 0 bridgehead atoms. The number of methoxy groups -OCH3 is 1. The van der Waals surface area contributed by atoms with Crippen molar-refractivity contribution in [1.29, 1.82) is 0 Å². The molecule has 0 aliphatic carbocycles. The summed E-state index contributed by atoms with van der Waals surface area (Å²) in [5.74, 6) is -0.299. The highest BCUT2D eigenvalue weighted by atomic mass is 16.5. The third-order valence-corrected chi connectivity index (χ3v) is 1.34. The van der Waals surface area contributed by atoms with E-state index in [4.69, 9.17) is 0 Å². The summed E-state index contributed by atoms with van der Waals surface area (Å²) in [5.41, 5.74) is 0.572. The van der Waals surface area contributed by atoms with Crippen LogP contribution in [-0.4, -0.2) is 17.6 Å². The highest BCUT2D eigenvalue weighted by Crippen LogP contribution is 2.00. The Morgan fingerprint density at radius 1 is 1.50 bits per heavy atom. The van der Waals surface area contributed by atoms with Crippen molar-refractivity contribution in [3.63, 3.8) is 0 Å². The summed E-state index contributed by atoms with van der Waals surface area (Å²) < 4.78 is 6.23. The third kappa shape index (κ3) is 2.42. The van der Waals surface area contributed by atoms with E-state index >= 15 is 0 Å². The summed E-state index contributed by atoms with van der Waals surface area (Å²) >= 11 is 0. The summed E-state index contributed by atoms with van der Waals surface area (Å²) in [6.07, 6.45) is 1.80. The maximum absolute atomic E-state index is 10.9. The van der Waals surface area contributed by atoms with Crippen molar-refractivity contribution < 1.29 is 9.53 Å². The molecule has 0 aromatic carbocycles. The average Bonchev–Trinajstić information content (AvgIpc) is 2.54. The van der Waals surface area contributed by atoms with Crippen molar-refractivity contribution in [2.45, 2.75) is 13.8 Å². The Morgan fingerprint density at radius 2 is 2.08 bits per heavy atom. The lowest BCUT2D eigenvalue weighted by atomic mass is 10.4. The van der Waals surface area contributed by atoms with Crippen LogP contribution >= 0.6 is 0 Å². The molecule has 12 heavy (non-hydrogen) atoms. The molecule has 0 atom stereocenters. The normalized spacial score (nSPS) is 8.33. The first-order chi connectivity index (χ1) is 5.75. The van der Waals surface area contributed by atoms with E-state index in [1.165, 1.54) is 7.11 Å². The Morgan fingerprint density at radius 3 is 2.42 bits per heavy atom. The van der Waals surface area contributed by atoms with Crippen molar-refractivity contribution in [3.05, 3.63) is 24.0 Å². The zero-order chi connectivity index (χ0) is 9.56. The van der Waals surface area contributed by atoms with E-state index in [-0.39, 0.29) is 5.97 Å². The standard InChI is InChI=1S/C7H9NO2.C2H6/c1-8-5-3-4-6(8)7(9)10-2;1-2/h3-5H,1-2H3;1-2H3. The van der Waals surface area contributed by atoms with Crippen LogP contribution in [0.2, 0.25) is 0 Å². The Kier molecular flexibility index (Phi) is 4.84. The average molecular weight is 169 g/mol. The molecule has 3 nitrogen and oxygen atoms in total. The van der Waals surface area contributed by atoms with Crippen molar-refractivity contribution in [2.24, 2.45) is 7.05 Å². The molecule has 0 amide bonds. The maximum atomic E-state index is 10.9. The molecule has 0 radical (unpaired) electrons. The van der Waals surface area contributed by atoms with Crippen LogP contribution in [0.25, 0.3) is 0 Å². The number of carbonyl (C=O) groups excluding carboxylic acids is 1. The molecule has 0 fully saturated rings. The van der Waals surface area contributed by atoms with E-state index in [0.717, 1.165) is 0 Å². The molecular weight excluding hydrogens is 154 g/mol. The fourth-order valence-electron chi connectivity index (χ4n) is 0.778. The van der Waals surface area contributed by atoms with Gasteiger partial charge in [0.25, 0.3) is 0 Å². The minimum absolute atomic E-state index is 0.299. The number of hydrogen-bond donors (Lipinski definition) is 0. The highest BCUT2D eigenvalue weighted by Gasteiger charge is 2.06. The van der Waals surface area contributed by atoms with Crippen LogP contribution in [0, 0.1) is 0 Å². The summed E-state index contributed by atoms with van der Waals surface area (Å²) in [6, 6.07) is 3.51. The quantitative estimate of drug-likeness (QED) is 0.601. The van der Waals surface area contributed by atoms with Gasteiger partial charge in [0.1, 0.15) is 5.69 Å². The Balaban J connectivity index is 0.000000561. The van der Waals surface area contributed by atoms with Gasteiger partial charge in [-0.3, -0.25) is 0 Å². The van der Waals surface area contributed by atoms with E-state index in [1.54, 1.807) is 29.9 Å². The molecule has 0 aliphatic heterocycles. The number of ether oxygens (including phenoxy) is 1. The molecule has 0 saturated heterocycles. The summed E-state index contributed by atoms with van der Waals surface area (Å²) in [5, 5.41) is 0. The fraction of sp³-hybridized carbons (Fsp3) is 0.444. The minimum atomic E-state index is -0.299. The van der Waals surface area contributed by atoms with E-state index < -0.39 is 0 Å². The number of carbonyl (C=O) groups is 1. The van der Waals surface area contributed by atoms with Gasteiger partial charge in [0.05, 0.1) is 7.11 Å². The van der Waals surface area contributed by atoms with Crippen molar-refractivity contribution in [1.82, 2.24) is 4.57 Å².